The molecule has 0 unspecified atom stereocenters. The molecule has 0 saturated carbocycles. The SMILES string of the molecule is CCN(CCCBr)S(=O)(=O)C(C)(C)C. The van der Waals surface area contributed by atoms with Crippen LogP contribution in [0.15, 0.2) is 0 Å². The van der Waals surface area contributed by atoms with Gasteiger partial charge >= 0.3 is 0 Å². The topological polar surface area (TPSA) is 37.4 Å². The van der Waals surface area contributed by atoms with Crippen LogP contribution in [0.3, 0.4) is 0 Å². The van der Waals surface area contributed by atoms with Gasteiger partial charge in [0, 0.05) is 18.4 Å². The Kier molecular flexibility index (Phi) is 5.62. The quantitative estimate of drug-likeness (QED) is 0.727. The molecule has 0 aromatic rings. The number of rotatable bonds is 5. The lowest BCUT2D eigenvalue weighted by Gasteiger charge is -2.28. The summed E-state index contributed by atoms with van der Waals surface area (Å²) in [4.78, 5) is 0. The number of nitrogens with zero attached hydrogens (tertiary/aromatic N) is 1. The molecule has 86 valence electrons. The van der Waals surface area contributed by atoms with Gasteiger partial charge in [-0.15, -0.1) is 0 Å². The fourth-order valence-electron chi connectivity index (χ4n) is 1.07. The predicted octanol–water partition coefficient (Wildman–Crippen LogP) is 2.22. The van der Waals surface area contributed by atoms with Crippen LogP contribution in [0.2, 0.25) is 0 Å². The summed E-state index contributed by atoms with van der Waals surface area (Å²) in [7, 11) is -3.15. The van der Waals surface area contributed by atoms with E-state index in [-0.39, 0.29) is 0 Å². The van der Waals surface area contributed by atoms with E-state index in [2.05, 4.69) is 15.9 Å². The monoisotopic (exact) mass is 285 g/mol. The zero-order valence-electron chi connectivity index (χ0n) is 9.38. The minimum absolute atomic E-state index is 0.548. The van der Waals surface area contributed by atoms with Crippen molar-refractivity contribution in [3.8, 4) is 0 Å². The Bertz CT molecular complexity index is 256. The summed E-state index contributed by atoms with van der Waals surface area (Å²) in [6, 6.07) is 0. The van der Waals surface area contributed by atoms with Crippen LogP contribution in [0, 0.1) is 0 Å². The zero-order chi connectivity index (χ0) is 11.4. The normalized spacial score (nSPS) is 13.6. The third-order valence-electron chi connectivity index (χ3n) is 2.01. The van der Waals surface area contributed by atoms with Crippen molar-refractivity contribution in [3.63, 3.8) is 0 Å². The van der Waals surface area contributed by atoms with Gasteiger partial charge in [0.25, 0.3) is 0 Å². The molecular weight excluding hydrogens is 266 g/mol. The zero-order valence-corrected chi connectivity index (χ0v) is 11.8. The molecule has 0 spiro atoms. The Balaban J connectivity index is 4.68. The van der Waals surface area contributed by atoms with Crippen LogP contribution in [0.1, 0.15) is 34.1 Å². The van der Waals surface area contributed by atoms with Crippen molar-refractivity contribution in [2.75, 3.05) is 18.4 Å². The molecule has 14 heavy (non-hydrogen) atoms. The third-order valence-corrected chi connectivity index (χ3v) is 5.24. The number of halogens is 1. The van der Waals surface area contributed by atoms with Crippen LogP contribution in [-0.2, 0) is 10.0 Å². The van der Waals surface area contributed by atoms with Crippen molar-refractivity contribution in [2.45, 2.75) is 38.9 Å². The fraction of sp³-hybridized carbons (Fsp3) is 1.00. The van der Waals surface area contributed by atoms with Crippen LogP contribution in [0.5, 0.6) is 0 Å². The summed E-state index contributed by atoms with van der Waals surface area (Å²) in [6.45, 7) is 8.23. The second-order valence-electron chi connectivity index (χ2n) is 4.15. The van der Waals surface area contributed by atoms with Crippen LogP contribution >= 0.6 is 15.9 Å². The first-order valence-corrected chi connectivity index (χ1v) is 7.39. The molecule has 0 atom stereocenters. The first kappa shape index (κ1) is 14.4. The first-order chi connectivity index (χ1) is 6.27. The molecule has 0 aliphatic rings. The van der Waals surface area contributed by atoms with Crippen LogP contribution < -0.4 is 0 Å². The van der Waals surface area contributed by atoms with Gasteiger partial charge in [-0.2, -0.15) is 0 Å². The van der Waals surface area contributed by atoms with Crippen LogP contribution in [0.4, 0.5) is 0 Å². The van der Waals surface area contributed by atoms with E-state index in [0.29, 0.717) is 13.1 Å². The van der Waals surface area contributed by atoms with Crippen molar-refractivity contribution < 1.29 is 8.42 Å². The van der Waals surface area contributed by atoms with E-state index in [9.17, 15) is 8.42 Å². The van der Waals surface area contributed by atoms with Gasteiger partial charge in [-0.25, -0.2) is 12.7 Å². The van der Waals surface area contributed by atoms with E-state index in [4.69, 9.17) is 0 Å². The van der Waals surface area contributed by atoms with E-state index in [0.717, 1.165) is 11.8 Å². The molecule has 0 aliphatic heterocycles. The molecule has 0 fully saturated rings. The van der Waals surface area contributed by atoms with Gasteiger partial charge in [0.1, 0.15) is 0 Å². The molecule has 0 rings (SSSR count). The Hall–Kier alpha value is 0.390. The number of alkyl halides is 1. The Morgan fingerprint density at radius 3 is 2.07 bits per heavy atom. The maximum Gasteiger partial charge on any atom is 0.219 e. The third kappa shape index (κ3) is 3.51. The van der Waals surface area contributed by atoms with Crippen molar-refractivity contribution >= 4 is 26.0 Å². The molecule has 0 amide bonds. The first-order valence-electron chi connectivity index (χ1n) is 4.83. The lowest BCUT2D eigenvalue weighted by Crippen LogP contribution is -2.43. The Labute approximate surface area is 96.0 Å². The van der Waals surface area contributed by atoms with E-state index in [1.165, 1.54) is 0 Å². The number of hydrogen-bond acceptors (Lipinski definition) is 2. The molecule has 0 saturated heterocycles. The minimum atomic E-state index is -3.15. The smallest absolute Gasteiger partial charge is 0.212 e. The van der Waals surface area contributed by atoms with E-state index in [1.807, 2.05) is 6.92 Å². The highest BCUT2D eigenvalue weighted by atomic mass is 79.9. The van der Waals surface area contributed by atoms with Crippen molar-refractivity contribution in [1.82, 2.24) is 4.31 Å². The molecule has 3 nitrogen and oxygen atoms in total. The Morgan fingerprint density at radius 1 is 1.29 bits per heavy atom. The maximum atomic E-state index is 12.0. The van der Waals surface area contributed by atoms with Crippen molar-refractivity contribution in [1.29, 1.82) is 0 Å². The van der Waals surface area contributed by atoms with Crippen molar-refractivity contribution in [2.24, 2.45) is 0 Å². The lowest BCUT2D eigenvalue weighted by molar-refractivity contribution is 0.409. The van der Waals surface area contributed by atoms with Gasteiger partial charge in [-0.3, -0.25) is 0 Å². The molecule has 0 aromatic heterocycles. The maximum absolute atomic E-state index is 12.0. The average molecular weight is 286 g/mol. The van der Waals surface area contributed by atoms with Crippen LogP contribution in [0.25, 0.3) is 0 Å². The largest absolute Gasteiger partial charge is 0.219 e. The lowest BCUT2D eigenvalue weighted by atomic mass is 10.3. The standard InChI is InChI=1S/C9H20BrNO2S/c1-5-11(8-6-7-10)14(12,13)9(2,3)4/h5-8H2,1-4H3. The van der Waals surface area contributed by atoms with Crippen LogP contribution in [-0.4, -0.2) is 35.9 Å². The van der Waals surface area contributed by atoms with E-state index >= 15 is 0 Å². The molecule has 0 aliphatic carbocycles. The van der Waals surface area contributed by atoms with Gasteiger partial charge in [0.2, 0.25) is 10.0 Å². The minimum Gasteiger partial charge on any atom is -0.212 e. The summed E-state index contributed by atoms with van der Waals surface area (Å²) >= 11 is 3.30. The summed E-state index contributed by atoms with van der Waals surface area (Å²) in [6.07, 6.45) is 0.850. The van der Waals surface area contributed by atoms with E-state index < -0.39 is 14.8 Å². The summed E-state index contributed by atoms with van der Waals surface area (Å²) in [5.74, 6) is 0. The molecule has 0 N–H and O–H groups in total. The van der Waals surface area contributed by atoms with Gasteiger partial charge in [-0.1, -0.05) is 22.9 Å². The highest BCUT2D eigenvalue weighted by Gasteiger charge is 2.33. The molecule has 0 bridgehead atoms. The summed E-state index contributed by atoms with van der Waals surface area (Å²) < 4.78 is 24.9. The second kappa shape index (κ2) is 5.47. The molecule has 5 heteroatoms. The molecule has 0 radical (unpaired) electrons. The summed E-state index contributed by atoms with van der Waals surface area (Å²) in [5.41, 5.74) is 0. The molecule has 0 aromatic carbocycles. The highest BCUT2D eigenvalue weighted by Crippen LogP contribution is 2.20. The Morgan fingerprint density at radius 2 is 1.79 bits per heavy atom. The van der Waals surface area contributed by atoms with Gasteiger partial charge in [-0.05, 0) is 27.2 Å². The number of sulfonamides is 1. The number of hydrogen-bond donors (Lipinski definition) is 0. The highest BCUT2D eigenvalue weighted by molar-refractivity contribution is 9.09. The average Bonchev–Trinajstić information content (AvgIpc) is 2.03. The van der Waals surface area contributed by atoms with Gasteiger partial charge in [0.05, 0.1) is 4.75 Å². The summed E-state index contributed by atoms with van der Waals surface area (Å²) in [5, 5.41) is 0.836. The molecular formula is C9H20BrNO2S. The van der Waals surface area contributed by atoms with Crippen molar-refractivity contribution in [3.05, 3.63) is 0 Å². The molecule has 0 heterocycles. The predicted molar refractivity (Wildman–Crippen MR) is 64.3 cm³/mol. The second-order valence-corrected chi connectivity index (χ2v) is 7.64. The van der Waals surface area contributed by atoms with Gasteiger partial charge in [0.15, 0.2) is 0 Å². The van der Waals surface area contributed by atoms with E-state index in [1.54, 1.807) is 25.1 Å². The van der Waals surface area contributed by atoms with Gasteiger partial charge < -0.3 is 0 Å². The fourth-order valence-corrected chi connectivity index (χ4v) is 2.81.